The number of rotatable bonds is 4. The van der Waals surface area contributed by atoms with E-state index in [1.54, 1.807) is 41.1 Å². The van der Waals surface area contributed by atoms with Gasteiger partial charge in [0.1, 0.15) is 12.7 Å². The molecule has 0 atom stereocenters. The summed E-state index contributed by atoms with van der Waals surface area (Å²) in [6.45, 7) is -0.0844. The van der Waals surface area contributed by atoms with Gasteiger partial charge in [0.05, 0.1) is 11.3 Å². The van der Waals surface area contributed by atoms with Crippen LogP contribution in [0.15, 0.2) is 54.7 Å². The molecule has 6 heteroatoms. The molecule has 0 aliphatic heterocycles. The molecule has 0 bridgehead atoms. The molecule has 120 valence electrons. The highest BCUT2D eigenvalue weighted by Crippen LogP contribution is 2.23. The van der Waals surface area contributed by atoms with E-state index in [1.807, 2.05) is 0 Å². The standard InChI is InChI=1S/C18H11ClF2N2O/c19-13-4-6-14(7-5-13)23-9-8-12(10-22)16(23)11-24-17-3-1-2-15(20)18(17)21/h1-9H,11H2. The number of aromatic nitrogens is 1. The number of ether oxygens (including phenoxy) is 1. The van der Waals surface area contributed by atoms with Crippen LogP contribution in [0.1, 0.15) is 11.3 Å². The molecule has 0 amide bonds. The van der Waals surface area contributed by atoms with Crippen molar-refractivity contribution in [1.82, 2.24) is 4.57 Å². The maximum Gasteiger partial charge on any atom is 0.200 e. The molecule has 0 N–H and O–H groups in total. The van der Waals surface area contributed by atoms with Gasteiger partial charge in [-0.15, -0.1) is 0 Å². The summed E-state index contributed by atoms with van der Waals surface area (Å²) in [5.74, 6) is -2.25. The maximum atomic E-state index is 13.7. The zero-order valence-corrected chi connectivity index (χ0v) is 13.1. The molecule has 0 aliphatic rings. The summed E-state index contributed by atoms with van der Waals surface area (Å²) >= 11 is 5.88. The van der Waals surface area contributed by atoms with Crippen LogP contribution in [-0.2, 0) is 6.61 Å². The van der Waals surface area contributed by atoms with Crippen molar-refractivity contribution in [3.05, 3.63) is 82.6 Å². The third-order valence-electron chi connectivity index (χ3n) is 3.50. The SMILES string of the molecule is N#Cc1ccn(-c2ccc(Cl)cc2)c1COc1cccc(F)c1F. The number of halogens is 3. The van der Waals surface area contributed by atoms with Gasteiger partial charge in [-0.1, -0.05) is 17.7 Å². The zero-order chi connectivity index (χ0) is 17.1. The average molecular weight is 345 g/mol. The number of hydrogen-bond donors (Lipinski definition) is 0. The first-order chi connectivity index (χ1) is 11.6. The molecule has 0 aliphatic carbocycles. The summed E-state index contributed by atoms with van der Waals surface area (Å²) < 4.78 is 34.1. The summed E-state index contributed by atoms with van der Waals surface area (Å²) in [4.78, 5) is 0. The first-order valence-electron chi connectivity index (χ1n) is 7.03. The van der Waals surface area contributed by atoms with Crippen LogP contribution >= 0.6 is 11.6 Å². The molecule has 0 radical (unpaired) electrons. The summed E-state index contributed by atoms with van der Waals surface area (Å²) in [5.41, 5.74) is 1.70. The predicted octanol–water partition coefficient (Wildman–Crippen LogP) is 4.86. The van der Waals surface area contributed by atoms with E-state index in [0.717, 1.165) is 11.8 Å². The number of benzene rings is 2. The van der Waals surface area contributed by atoms with Crippen LogP contribution in [0, 0.1) is 23.0 Å². The lowest BCUT2D eigenvalue weighted by molar-refractivity contribution is 0.278. The molecule has 0 unspecified atom stereocenters. The van der Waals surface area contributed by atoms with Crippen molar-refractivity contribution in [2.75, 3.05) is 0 Å². The molecule has 2 aromatic carbocycles. The van der Waals surface area contributed by atoms with Crippen LogP contribution in [0.25, 0.3) is 5.69 Å². The van der Waals surface area contributed by atoms with Crippen molar-refractivity contribution in [2.45, 2.75) is 6.61 Å². The molecular formula is C18H11ClF2N2O. The monoisotopic (exact) mass is 344 g/mol. The second kappa shape index (κ2) is 6.73. The molecule has 3 rings (SSSR count). The topological polar surface area (TPSA) is 38.0 Å². The van der Waals surface area contributed by atoms with Crippen LogP contribution in [0.4, 0.5) is 8.78 Å². The Kier molecular flexibility index (Phi) is 4.50. The smallest absolute Gasteiger partial charge is 0.200 e. The van der Waals surface area contributed by atoms with Gasteiger partial charge in [0, 0.05) is 16.9 Å². The molecule has 3 nitrogen and oxygen atoms in total. The van der Waals surface area contributed by atoms with E-state index in [4.69, 9.17) is 16.3 Å². The molecule has 0 spiro atoms. The van der Waals surface area contributed by atoms with Crippen molar-refractivity contribution in [1.29, 1.82) is 5.26 Å². The van der Waals surface area contributed by atoms with E-state index in [-0.39, 0.29) is 12.4 Å². The van der Waals surface area contributed by atoms with Crippen LogP contribution in [-0.4, -0.2) is 4.57 Å². The summed E-state index contributed by atoms with van der Waals surface area (Å²) in [5, 5.41) is 9.83. The molecular weight excluding hydrogens is 334 g/mol. The zero-order valence-electron chi connectivity index (χ0n) is 12.3. The maximum absolute atomic E-state index is 13.7. The van der Waals surface area contributed by atoms with Crippen molar-refractivity contribution in [2.24, 2.45) is 0 Å². The fraction of sp³-hybridized carbons (Fsp3) is 0.0556. The molecule has 0 fully saturated rings. The minimum atomic E-state index is -1.05. The van der Waals surface area contributed by atoms with Gasteiger partial charge in [-0.3, -0.25) is 0 Å². The first kappa shape index (κ1) is 16.0. The van der Waals surface area contributed by atoms with E-state index >= 15 is 0 Å². The molecule has 0 saturated heterocycles. The molecule has 24 heavy (non-hydrogen) atoms. The average Bonchev–Trinajstić information content (AvgIpc) is 3.00. The Balaban J connectivity index is 1.92. The van der Waals surface area contributed by atoms with Crippen molar-refractivity contribution in [3.8, 4) is 17.5 Å². The van der Waals surface area contributed by atoms with E-state index in [0.29, 0.717) is 16.3 Å². The Hall–Kier alpha value is -2.84. The van der Waals surface area contributed by atoms with Gasteiger partial charge in [0.25, 0.3) is 0 Å². The highest BCUT2D eigenvalue weighted by atomic mass is 35.5. The van der Waals surface area contributed by atoms with Crippen LogP contribution in [0.3, 0.4) is 0 Å². The summed E-state index contributed by atoms with van der Waals surface area (Å²) in [7, 11) is 0. The fourth-order valence-corrected chi connectivity index (χ4v) is 2.43. The fourth-order valence-electron chi connectivity index (χ4n) is 2.30. The first-order valence-corrected chi connectivity index (χ1v) is 7.41. The van der Waals surface area contributed by atoms with Gasteiger partial charge in [-0.05, 0) is 42.5 Å². The molecule has 0 saturated carbocycles. The second-order valence-corrected chi connectivity index (χ2v) is 5.41. The van der Waals surface area contributed by atoms with Crippen molar-refractivity contribution in [3.63, 3.8) is 0 Å². The van der Waals surface area contributed by atoms with Crippen LogP contribution < -0.4 is 4.74 Å². The number of nitriles is 1. The molecule has 1 aromatic heterocycles. The van der Waals surface area contributed by atoms with Gasteiger partial charge in [0.15, 0.2) is 11.6 Å². The Morgan fingerprint density at radius 2 is 1.83 bits per heavy atom. The lowest BCUT2D eigenvalue weighted by Crippen LogP contribution is -2.06. The van der Waals surface area contributed by atoms with Gasteiger partial charge >= 0.3 is 0 Å². The normalized spacial score (nSPS) is 10.4. The van der Waals surface area contributed by atoms with E-state index in [2.05, 4.69) is 6.07 Å². The van der Waals surface area contributed by atoms with Gasteiger partial charge < -0.3 is 9.30 Å². The van der Waals surface area contributed by atoms with E-state index in [9.17, 15) is 14.0 Å². The van der Waals surface area contributed by atoms with Crippen LogP contribution in [0.2, 0.25) is 5.02 Å². The van der Waals surface area contributed by atoms with Gasteiger partial charge in [-0.25, -0.2) is 4.39 Å². The third-order valence-corrected chi connectivity index (χ3v) is 3.75. The summed E-state index contributed by atoms with van der Waals surface area (Å²) in [6.07, 6.45) is 1.71. The van der Waals surface area contributed by atoms with E-state index < -0.39 is 11.6 Å². The lowest BCUT2D eigenvalue weighted by atomic mass is 10.2. The molecule has 1 heterocycles. The second-order valence-electron chi connectivity index (χ2n) is 4.97. The quantitative estimate of drug-likeness (QED) is 0.678. The van der Waals surface area contributed by atoms with Crippen molar-refractivity contribution < 1.29 is 13.5 Å². The van der Waals surface area contributed by atoms with Crippen molar-refractivity contribution >= 4 is 11.6 Å². The highest BCUT2D eigenvalue weighted by Gasteiger charge is 2.14. The predicted molar refractivity (Wildman–Crippen MR) is 86.2 cm³/mol. The number of nitrogens with zero attached hydrogens (tertiary/aromatic N) is 2. The van der Waals surface area contributed by atoms with Crippen LogP contribution in [0.5, 0.6) is 5.75 Å². The lowest BCUT2D eigenvalue weighted by Gasteiger charge is -2.12. The Morgan fingerprint density at radius 3 is 2.54 bits per heavy atom. The minimum Gasteiger partial charge on any atom is -0.484 e. The third kappa shape index (κ3) is 3.10. The Bertz CT molecular complexity index is 914. The van der Waals surface area contributed by atoms with Gasteiger partial charge in [0.2, 0.25) is 5.82 Å². The largest absolute Gasteiger partial charge is 0.484 e. The highest BCUT2D eigenvalue weighted by molar-refractivity contribution is 6.30. The summed E-state index contributed by atoms with van der Waals surface area (Å²) in [6, 6.07) is 14.4. The van der Waals surface area contributed by atoms with Gasteiger partial charge in [-0.2, -0.15) is 9.65 Å². The Morgan fingerprint density at radius 1 is 1.08 bits per heavy atom. The molecule has 3 aromatic rings. The minimum absolute atomic E-state index is 0.0844. The van der Waals surface area contributed by atoms with E-state index in [1.165, 1.54) is 12.1 Å². The Labute approximate surface area is 142 Å². The number of hydrogen-bond acceptors (Lipinski definition) is 2.